The van der Waals surface area contributed by atoms with Gasteiger partial charge in [-0.25, -0.2) is 9.78 Å². The summed E-state index contributed by atoms with van der Waals surface area (Å²) in [6.45, 7) is 0.325. The Morgan fingerprint density at radius 3 is 2.37 bits per heavy atom. The third kappa shape index (κ3) is 4.33. The maximum absolute atomic E-state index is 13.1. The van der Waals surface area contributed by atoms with Crippen LogP contribution in [-0.4, -0.2) is 22.6 Å². The summed E-state index contributed by atoms with van der Waals surface area (Å²) in [4.78, 5) is 28.6. The number of hydrogen-bond donors (Lipinski definition) is 0. The Balaban J connectivity index is 2.18. The van der Waals surface area contributed by atoms with E-state index >= 15 is 0 Å². The molecule has 0 saturated carbocycles. The van der Waals surface area contributed by atoms with Gasteiger partial charge in [0.2, 0.25) is 0 Å². The summed E-state index contributed by atoms with van der Waals surface area (Å²) in [5, 5.41) is 0.182. The van der Waals surface area contributed by atoms with E-state index in [4.69, 9.17) is 11.6 Å². The van der Waals surface area contributed by atoms with Crippen LogP contribution in [0.3, 0.4) is 0 Å². The highest BCUT2D eigenvalue weighted by Gasteiger charge is 2.16. The zero-order valence-electron chi connectivity index (χ0n) is 14.6. The predicted molar refractivity (Wildman–Crippen MR) is 106 cm³/mol. The maximum atomic E-state index is 13.1. The van der Waals surface area contributed by atoms with Crippen LogP contribution in [0.4, 0.5) is 0 Å². The molecule has 6 heteroatoms. The van der Waals surface area contributed by atoms with Gasteiger partial charge in [-0.15, -0.1) is 0 Å². The minimum atomic E-state index is -0.575. The molecule has 0 spiro atoms. The Morgan fingerprint density at radius 1 is 1.11 bits per heavy atom. The van der Waals surface area contributed by atoms with Crippen molar-refractivity contribution >= 4 is 23.6 Å². The van der Waals surface area contributed by atoms with E-state index in [-0.39, 0.29) is 16.4 Å². The molecule has 0 fully saturated rings. The SMILES string of the molecule is COC(=O)/C=C/c1nc(Cl)c(-c2ccccc2)n(Cc2ccccc2)c1=O. The molecule has 0 aliphatic rings. The first-order chi connectivity index (χ1) is 13.1. The van der Waals surface area contributed by atoms with Crippen molar-refractivity contribution < 1.29 is 9.53 Å². The summed E-state index contributed by atoms with van der Waals surface area (Å²) < 4.78 is 6.13. The van der Waals surface area contributed by atoms with E-state index in [1.165, 1.54) is 13.2 Å². The van der Waals surface area contributed by atoms with Gasteiger partial charge in [0.15, 0.2) is 5.15 Å². The topological polar surface area (TPSA) is 61.2 Å². The Bertz CT molecular complexity index is 1030. The van der Waals surface area contributed by atoms with Gasteiger partial charge in [-0.3, -0.25) is 9.36 Å². The van der Waals surface area contributed by atoms with Crippen LogP contribution in [0.25, 0.3) is 17.3 Å². The van der Waals surface area contributed by atoms with Crippen LogP contribution in [0.1, 0.15) is 11.3 Å². The van der Waals surface area contributed by atoms with Crippen LogP contribution < -0.4 is 5.56 Å². The lowest BCUT2D eigenvalue weighted by molar-refractivity contribution is -0.134. The van der Waals surface area contributed by atoms with Gasteiger partial charge in [-0.05, 0) is 11.6 Å². The summed E-state index contributed by atoms with van der Waals surface area (Å²) in [5.41, 5.74) is 1.98. The van der Waals surface area contributed by atoms with Crippen molar-refractivity contribution in [1.82, 2.24) is 9.55 Å². The number of benzene rings is 2. The molecule has 136 valence electrons. The summed E-state index contributed by atoms with van der Waals surface area (Å²) in [6, 6.07) is 18.9. The van der Waals surface area contributed by atoms with Gasteiger partial charge in [-0.2, -0.15) is 0 Å². The lowest BCUT2D eigenvalue weighted by atomic mass is 10.1. The molecule has 3 aromatic rings. The number of carbonyl (C=O) groups excluding carboxylic acids is 1. The Kier molecular flexibility index (Phi) is 5.84. The minimum Gasteiger partial charge on any atom is -0.466 e. The quantitative estimate of drug-likeness (QED) is 0.499. The van der Waals surface area contributed by atoms with Crippen molar-refractivity contribution in [2.45, 2.75) is 6.54 Å². The normalized spacial score (nSPS) is 10.9. The van der Waals surface area contributed by atoms with Crippen molar-refractivity contribution in [2.24, 2.45) is 0 Å². The molecule has 0 aliphatic carbocycles. The van der Waals surface area contributed by atoms with Crippen molar-refractivity contribution in [3.05, 3.63) is 93.5 Å². The fourth-order valence-electron chi connectivity index (χ4n) is 2.67. The summed E-state index contributed by atoms with van der Waals surface area (Å²) in [5.74, 6) is -0.575. The van der Waals surface area contributed by atoms with Crippen LogP contribution >= 0.6 is 11.6 Å². The molecule has 0 aliphatic heterocycles. The molecule has 1 heterocycles. The van der Waals surface area contributed by atoms with Gasteiger partial charge in [0, 0.05) is 11.6 Å². The number of hydrogen-bond acceptors (Lipinski definition) is 4. The number of methoxy groups -OCH3 is 1. The van der Waals surface area contributed by atoms with E-state index in [0.29, 0.717) is 12.2 Å². The average Bonchev–Trinajstić information content (AvgIpc) is 2.70. The Morgan fingerprint density at radius 2 is 1.74 bits per heavy atom. The van der Waals surface area contributed by atoms with E-state index in [1.54, 1.807) is 4.57 Å². The van der Waals surface area contributed by atoms with E-state index in [9.17, 15) is 9.59 Å². The first-order valence-corrected chi connectivity index (χ1v) is 8.63. The number of halogens is 1. The second kappa shape index (κ2) is 8.47. The third-order valence-corrected chi connectivity index (χ3v) is 4.22. The largest absolute Gasteiger partial charge is 0.466 e. The van der Waals surface area contributed by atoms with Crippen molar-refractivity contribution in [3.8, 4) is 11.3 Å². The van der Waals surface area contributed by atoms with E-state index in [2.05, 4.69) is 9.72 Å². The molecule has 0 saturated heterocycles. The maximum Gasteiger partial charge on any atom is 0.330 e. The van der Waals surface area contributed by atoms with Crippen molar-refractivity contribution in [2.75, 3.05) is 7.11 Å². The molecule has 0 unspecified atom stereocenters. The summed E-state index contributed by atoms with van der Waals surface area (Å²) in [7, 11) is 1.26. The number of nitrogens with zero attached hydrogens (tertiary/aromatic N) is 2. The van der Waals surface area contributed by atoms with Crippen LogP contribution in [-0.2, 0) is 16.1 Å². The third-order valence-electron chi connectivity index (χ3n) is 3.96. The van der Waals surface area contributed by atoms with Gasteiger partial charge in [0.25, 0.3) is 5.56 Å². The van der Waals surface area contributed by atoms with Gasteiger partial charge in [0.05, 0.1) is 19.3 Å². The highest BCUT2D eigenvalue weighted by atomic mass is 35.5. The van der Waals surface area contributed by atoms with Gasteiger partial charge >= 0.3 is 5.97 Å². The first kappa shape index (κ1) is 18.6. The first-order valence-electron chi connectivity index (χ1n) is 8.26. The van der Waals surface area contributed by atoms with Gasteiger partial charge < -0.3 is 4.74 Å². The van der Waals surface area contributed by atoms with Crippen LogP contribution in [0.15, 0.2) is 71.5 Å². The number of aromatic nitrogens is 2. The second-order valence-corrected chi connectivity index (χ2v) is 6.09. The zero-order valence-corrected chi connectivity index (χ0v) is 15.4. The molecule has 0 N–H and O–H groups in total. The number of esters is 1. The second-order valence-electron chi connectivity index (χ2n) is 5.74. The lowest BCUT2D eigenvalue weighted by Gasteiger charge is -2.15. The fourth-order valence-corrected chi connectivity index (χ4v) is 2.97. The minimum absolute atomic E-state index is 0.0704. The highest BCUT2D eigenvalue weighted by molar-refractivity contribution is 6.31. The molecule has 0 radical (unpaired) electrons. The Hall–Kier alpha value is -3.18. The van der Waals surface area contributed by atoms with Gasteiger partial charge in [0.1, 0.15) is 5.69 Å². The monoisotopic (exact) mass is 380 g/mol. The smallest absolute Gasteiger partial charge is 0.330 e. The molecular formula is C21H17ClN2O3. The van der Waals surface area contributed by atoms with E-state index in [1.807, 2.05) is 60.7 Å². The number of rotatable bonds is 5. The van der Waals surface area contributed by atoms with Crippen LogP contribution in [0, 0.1) is 0 Å². The molecular weight excluding hydrogens is 364 g/mol. The summed E-state index contributed by atoms with van der Waals surface area (Å²) in [6.07, 6.45) is 2.46. The fraction of sp³-hybridized carbons (Fsp3) is 0.0952. The molecule has 1 aromatic heterocycles. The predicted octanol–water partition coefficient (Wildman–Crippen LogP) is 3.80. The molecule has 0 bridgehead atoms. The van der Waals surface area contributed by atoms with Crippen LogP contribution in [0.2, 0.25) is 5.15 Å². The Labute approximate surface area is 161 Å². The number of carbonyl (C=O) groups is 1. The standard InChI is InChI=1S/C21H17ClN2O3/c1-27-18(25)13-12-17-21(26)24(14-15-8-4-2-5-9-15)19(20(22)23-17)16-10-6-3-7-11-16/h2-13H,14H2,1H3/b13-12+. The van der Waals surface area contributed by atoms with Crippen molar-refractivity contribution in [1.29, 1.82) is 0 Å². The molecule has 2 aromatic carbocycles. The van der Waals surface area contributed by atoms with Crippen molar-refractivity contribution in [3.63, 3.8) is 0 Å². The van der Waals surface area contributed by atoms with Gasteiger partial charge in [-0.1, -0.05) is 72.3 Å². The van der Waals surface area contributed by atoms with Crippen LogP contribution in [0.5, 0.6) is 0 Å². The molecule has 27 heavy (non-hydrogen) atoms. The zero-order chi connectivity index (χ0) is 19.2. The molecule has 3 rings (SSSR count). The molecule has 0 atom stereocenters. The average molecular weight is 381 g/mol. The molecule has 0 amide bonds. The number of ether oxygens (including phenoxy) is 1. The van der Waals surface area contributed by atoms with E-state index < -0.39 is 5.97 Å². The summed E-state index contributed by atoms with van der Waals surface area (Å²) >= 11 is 6.44. The van der Waals surface area contributed by atoms with E-state index in [0.717, 1.165) is 17.2 Å². The molecule has 5 nitrogen and oxygen atoms in total. The lowest BCUT2D eigenvalue weighted by Crippen LogP contribution is -2.26. The highest BCUT2D eigenvalue weighted by Crippen LogP contribution is 2.26.